The van der Waals surface area contributed by atoms with Crippen molar-refractivity contribution in [3.05, 3.63) is 53.1 Å². The monoisotopic (exact) mass is 302 g/mol. The lowest BCUT2D eigenvalue weighted by atomic mass is 10.1. The number of furan rings is 1. The molecule has 0 bridgehead atoms. The molecule has 0 unspecified atom stereocenters. The SMILES string of the molecule is COc1ccc2oc(-c3ccccc3Cl)c(C(=O)O)c2c1. The van der Waals surface area contributed by atoms with Crippen molar-refractivity contribution in [2.45, 2.75) is 0 Å². The van der Waals surface area contributed by atoms with Gasteiger partial charge in [0, 0.05) is 10.9 Å². The fourth-order valence-corrected chi connectivity index (χ4v) is 2.47. The Bertz CT molecular complexity index is 835. The van der Waals surface area contributed by atoms with Crippen LogP contribution in [0.5, 0.6) is 5.75 Å². The second-order valence-electron chi connectivity index (χ2n) is 4.45. The summed E-state index contributed by atoms with van der Waals surface area (Å²) in [5.74, 6) is -0.259. The normalized spacial score (nSPS) is 10.8. The van der Waals surface area contributed by atoms with Gasteiger partial charge < -0.3 is 14.3 Å². The third-order valence-corrected chi connectivity index (χ3v) is 3.56. The van der Waals surface area contributed by atoms with Crippen molar-refractivity contribution in [1.29, 1.82) is 0 Å². The van der Waals surface area contributed by atoms with E-state index in [-0.39, 0.29) is 11.3 Å². The Morgan fingerprint density at radius 2 is 2.00 bits per heavy atom. The molecule has 106 valence electrons. The molecule has 0 fully saturated rings. The van der Waals surface area contributed by atoms with Gasteiger partial charge in [-0.05, 0) is 30.3 Å². The van der Waals surface area contributed by atoms with E-state index in [1.54, 1.807) is 42.5 Å². The molecule has 2 aromatic carbocycles. The Kier molecular flexibility index (Phi) is 3.31. The smallest absolute Gasteiger partial charge is 0.340 e. The second kappa shape index (κ2) is 5.14. The summed E-state index contributed by atoms with van der Waals surface area (Å²) in [5.41, 5.74) is 1.10. The molecular weight excluding hydrogens is 292 g/mol. The highest BCUT2D eigenvalue weighted by Gasteiger charge is 2.23. The number of halogens is 1. The first-order valence-electron chi connectivity index (χ1n) is 6.20. The predicted molar refractivity (Wildman–Crippen MR) is 80.2 cm³/mol. The van der Waals surface area contributed by atoms with Crippen molar-refractivity contribution in [3.63, 3.8) is 0 Å². The van der Waals surface area contributed by atoms with Crippen LogP contribution >= 0.6 is 11.6 Å². The molecule has 0 aliphatic rings. The number of ether oxygens (including phenoxy) is 1. The van der Waals surface area contributed by atoms with E-state index >= 15 is 0 Å². The van der Waals surface area contributed by atoms with Crippen molar-refractivity contribution in [2.24, 2.45) is 0 Å². The minimum absolute atomic E-state index is 0.0806. The number of aromatic carboxylic acids is 1. The van der Waals surface area contributed by atoms with E-state index in [1.807, 2.05) is 0 Å². The van der Waals surface area contributed by atoms with E-state index < -0.39 is 5.97 Å². The highest BCUT2D eigenvalue weighted by atomic mass is 35.5. The van der Waals surface area contributed by atoms with E-state index in [0.717, 1.165) is 0 Å². The van der Waals surface area contributed by atoms with Crippen LogP contribution in [0, 0.1) is 0 Å². The molecule has 0 aliphatic carbocycles. The number of carboxylic acids is 1. The van der Waals surface area contributed by atoms with Gasteiger partial charge in [0.15, 0.2) is 5.76 Å². The minimum atomic E-state index is -1.07. The fourth-order valence-electron chi connectivity index (χ4n) is 2.25. The standard InChI is InChI=1S/C16H11ClO4/c1-20-9-6-7-13-11(8-9)14(16(18)19)15(21-13)10-4-2-3-5-12(10)17/h2-8H,1H3,(H,18,19). The molecule has 3 aromatic rings. The lowest BCUT2D eigenvalue weighted by molar-refractivity contribution is 0.0699. The molecule has 0 aliphatic heterocycles. The molecule has 0 radical (unpaired) electrons. The van der Waals surface area contributed by atoms with Gasteiger partial charge in [0.1, 0.15) is 16.9 Å². The van der Waals surface area contributed by atoms with E-state index in [0.29, 0.717) is 27.3 Å². The van der Waals surface area contributed by atoms with E-state index in [1.165, 1.54) is 7.11 Å². The number of fused-ring (bicyclic) bond motifs is 1. The zero-order valence-corrected chi connectivity index (χ0v) is 11.8. The van der Waals surface area contributed by atoms with Gasteiger partial charge in [0.25, 0.3) is 0 Å². The number of hydrogen-bond donors (Lipinski definition) is 1. The average molecular weight is 303 g/mol. The Morgan fingerprint density at radius 1 is 1.24 bits per heavy atom. The highest BCUT2D eigenvalue weighted by molar-refractivity contribution is 6.33. The first kappa shape index (κ1) is 13.5. The van der Waals surface area contributed by atoms with E-state index in [4.69, 9.17) is 20.8 Å². The van der Waals surface area contributed by atoms with Gasteiger partial charge in [0.2, 0.25) is 0 Å². The lowest BCUT2D eigenvalue weighted by Crippen LogP contribution is -1.97. The maximum absolute atomic E-state index is 11.6. The van der Waals surface area contributed by atoms with Crippen molar-refractivity contribution in [1.82, 2.24) is 0 Å². The molecular formula is C16H11ClO4. The average Bonchev–Trinajstić information content (AvgIpc) is 2.85. The minimum Gasteiger partial charge on any atom is -0.497 e. The summed E-state index contributed by atoms with van der Waals surface area (Å²) in [7, 11) is 1.52. The molecule has 0 atom stereocenters. The van der Waals surface area contributed by atoms with Crippen LogP contribution in [0.1, 0.15) is 10.4 Å². The Morgan fingerprint density at radius 3 is 2.67 bits per heavy atom. The van der Waals surface area contributed by atoms with Gasteiger partial charge in [-0.1, -0.05) is 23.7 Å². The van der Waals surface area contributed by atoms with Crippen LogP contribution in [0.25, 0.3) is 22.3 Å². The molecule has 3 rings (SSSR count). The van der Waals surface area contributed by atoms with Crippen molar-refractivity contribution >= 4 is 28.5 Å². The molecule has 0 amide bonds. The molecule has 1 heterocycles. The van der Waals surface area contributed by atoms with E-state index in [9.17, 15) is 9.90 Å². The molecule has 21 heavy (non-hydrogen) atoms. The summed E-state index contributed by atoms with van der Waals surface area (Å²) in [5, 5.41) is 10.4. The summed E-state index contributed by atoms with van der Waals surface area (Å²) >= 11 is 6.14. The molecule has 0 saturated carbocycles. The first-order chi connectivity index (χ1) is 10.1. The lowest BCUT2D eigenvalue weighted by Gasteiger charge is -2.01. The number of carboxylic acid groups (broad SMARTS) is 1. The van der Waals surface area contributed by atoms with Crippen molar-refractivity contribution < 1.29 is 19.1 Å². The molecule has 1 aromatic heterocycles. The molecule has 4 nitrogen and oxygen atoms in total. The molecule has 0 saturated heterocycles. The molecule has 1 N–H and O–H groups in total. The topological polar surface area (TPSA) is 59.7 Å². The van der Waals surface area contributed by atoms with Crippen LogP contribution in [0.3, 0.4) is 0 Å². The first-order valence-corrected chi connectivity index (χ1v) is 6.58. The van der Waals surface area contributed by atoms with Crippen molar-refractivity contribution in [2.75, 3.05) is 7.11 Å². The van der Waals surface area contributed by atoms with Gasteiger partial charge in [-0.2, -0.15) is 0 Å². The predicted octanol–water partition coefficient (Wildman–Crippen LogP) is 4.46. The highest BCUT2D eigenvalue weighted by Crippen LogP contribution is 2.38. The number of hydrogen-bond acceptors (Lipinski definition) is 3. The summed E-state index contributed by atoms with van der Waals surface area (Å²) < 4.78 is 10.8. The quantitative estimate of drug-likeness (QED) is 0.776. The Balaban J connectivity index is 2.35. The summed E-state index contributed by atoms with van der Waals surface area (Å²) in [6.07, 6.45) is 0. The van der Waals surface area contributed by atoms with E-state index in [2.05, 4.69) is 0 Å². The van der Waals surface area contributed by atoms with Crippen LogP contribution in [-0.2, 0) is 0 Å². The fraction of sp³-hybridized carbons (Fsp3) is 0.0625. The molecule has 5 heteroatoms. The number of benzene rings is 2. The third kappa shape index (κ3) is 2.23. The second-order valence-corrected chi connectivity index (χ2v) is 4.86. The third-order valence-electron chi connectivity index (χ3n) is 3.23. The molecule has 0 spiro atoms. The van der Waals surface area contributed by atoms with Gasteiger partial charge >= 0.3 is 5.97 Å². The van der Waals surface area contributed by atoms with Crippen LogP contribution in [0.4, 0.5) is 0 Å². The maximum atomic E-state index is 11.6. The zero-order chi connectivity index (χ0) is 15.0. The Labute approximate surface area is 125 Å². The largest absolute Gasteiger partial charge is 0.497 e. The summed E-state index contributed by atoms with van der Waals surface area (Å²) in [4.78, 5) is 11.6. The van der Waals surface area contributed by atoms with Crippen LogP contribution in [0.2, 0.25) is 5.02 Å². The van der Waals surface area contributed by atoms with Crippen molar-refractivity contribution in [3.8, 4) is 17.1 Å². The number of carbonyl (C=O) groups is 1. The summed E-state index contributed by atoms with van der Waals surface area (Å²) in [6, 6.07) is 12.0. The van der Waals surface area contributed by atoms with Crippen LogP contribution in [-0.4, -0.2) is 18.2 Å². The number of methoxy groups -OCH3 is 1. The summed E-state index contributed by atoms with van der Waals surface area (Å²) in [6.45, 7) is 0. The zero-order valence-electron chi connectivity index (χ0n) is 11.1. The van der Waals surface area contributed by atoms with Crippen LogP contribution in [0.15, 0.2) is 46.9 Å². The number of rotatable bonds is 3. The Hall–Kier alpha value is -2.46. The maximum Gasteiger partial charge on any atom is 0.340 e. The van der Waals surface area contributed by atoms with Crippen LogP contribution < -0.4 is 4.74 Å². The van der Waals surface area contributed by atoms with Gasteiger partial charge in [-0.3, -0.25) is 0 Å². The van der Waals surface area contributed by atoms with Gasteiger partial charge in [-0.15, -0.1) is 0 Å². The van der Waals surface area contributed by atoms with Gasteiger partial charge in [0.05, 0.1) is 12.1 Å². The van der Waals surface area contributed by atoms with Gasteiger partial charge in [-0.25, -0.2) is 4.79 Å².